The summed E-state index contributed by atoms with van der Waals surface area (Å²) in [6.07, 6.45) is 1.49. The third kappa shape index (κ3) is 5.26. The second kappa shape index (κ2) is 8.94. The van der Waals surface area contributed by atoms with Gasteiger partial charge in [-0.05, 0) is 35.7 Å². The molecule has 3 N–H and O–H groups in total. The number of nitrogens with zero attached hydrogens (tertiary/aromatic N) is 1. The Bertz CT molecular complexity index is 698. The van der Waals surface area contributed by atoms with Gasteiger partial charge in [0.15, 0.2) is 0 Å². The van der Waals surface area contributed by atoms with Crippen molar-refractivity contribution in [2.45, 2.75) is 18.9 Å². The van der Waals surface area contributed by atoms with Crippen LogP contribution < -0.4 is 11.1 Å². The molecule has 0 radical (unpaired) electrons. The number of hydrogen-bond acceptors (Lipinski definition) is 4. The summed E-state index contributed by atoms with van der Waals surface area (Å²) in [5.41, 5.74) is 7.17. The van der Waals surface area contributed by atoms with Crippen LogP contribution in [-0.4, -0.2) is 56.2 Å². The third-order valence-corrected chi connectivity index (χ3v) is 4.66. The molecule has 1 atom stereocenters. The van der Waals surface area contributed by atoms with E-state index in [1.165, 1.54) is 10.8 Å². The van der Waals surface area contributed by atoms with Crippen LogP contribution in [0.4, 0.5) is 0 Å². The van der Waals surface area contributed by atoms with Crippen molar-refractivity contribution in [3.8, 4) is 0 Å². The van der Waals surface area contributed by atoms with E-state index in [0.717, 1.165) is 44.8 Å². The summed E-state index contributed by atoms with van der Waals surface area (Å²) in [5, 5.41) is 5.34. The monoisotopic (exact) mass is 341 g/mol. The van der Waals surface area contributed by atoms with Gasteiger partial charge < -0.3 is 15.8 Å². The van der Waals surface area contributed by atoms with Crippen LogP contribution in [0.3, 0.4) is 0 Å². The van der Waals surface area contributed by atoms with E-state index in [9.17, 15) is 4.79 Å². The Morgan fingerprint density at radius 1 is 1.16 bits per heavy atom. The minimum absolute atomic E-state index is 0.0739. The highest BCUT2D eigenvalue weighted by molar-refractivity contribution is 5.84. The molecule has 1 saturated heterocycles. The summed E-state index contributed by atoms with van der Waals surface area (Å²) in [6.45, 7) is 5.24. The molecule has 1 amide bonds. The normalized spacial score (nSPS) is 16.7. The maximum absolute atomic E-state index is 12.2. The van der Waals surface area contributed by atoms with E-state index in [0.29, 0.717) is 13.0 Å². The van der Waals surface area contributed by atoms with Crippen LogP contribution in [0.25, 0.3) is 10.8 Å². The Balaban J connectivity index is 1.42. The number of nitrogens with two attached hydrogens (primary N) is 1. The zero-order chi connectivity index (χ0) is 17.5. The maximum Gasteiger partial charge on any atom is 0.237 e. The zero-order valence-electron chi connectivity index (χ0n) is 14.6. The summed E-state index contributed by atoms with van der Waals surface area (Å²) in [5.74, 6) is -0.0739. The first kappa shape index (κ1) is 17.9. The standard InChI is InChI=1S/C20H27N3O2/c21-19(15-16-6-7-17-4-1-2-5-18(17)14-16)20(24)22-8-3-9-23-10-12-25-13-11-23/h1-2,4-7,14,19H,3,8-13,15,21H2,(H,22,24)/t19-/m0/s1. The molecular weight excluding hydrogens is 314 g/mol. The number of fused-ring (bicyclic) bond motifs is 1. The van der Waals surface area contributed by atoms with E-state index in [-0.39, 0.29) is 5.91 Å². The lowest BCUT2D eigenvalue weighted by molar-refractivity contribution is -0.122. The lowest BCUT2D eigenvalue weighted by Crippen LogP contribution is -2.43. The van der Waals surface area contributed by atoms with E-state index in [4.69, 9.17) is 10.5 Å². The van der Waals surface area contributed by atoms with Gasteiger partial charge in [-0.1, -0.05) is 42.5 Å². The van der Waals surface area contributed by atoms with Gasteiger partial charge in [0.1, 0.15) is 0 Å². The lowest BCUT2D eigenvalue weighted by Gasteiger charge is -2.26. The molecule has 1 heterocycles. The molecule has 134 valence electrons. The highest BCUT2D eigenvalue weighted by Crippen LogP contribution is 2.16. The fourth-order valence-electron chi connectivity index (χ4n) is 3.18. The number of carbonyl (C=O) groups excluding carboxylic acids is 1. The largest absolute Gasteiger partial charge is 0.379 e. The van der Waals surface area contributed by atoms with Gasteiger partial charge in [-0.3, -0.25) is 9.69 Å². The van der Waals surface area contributed by atoms with Gasteiger partial charge in [-0.15, -0.1) is 0 Å². The fourth-order valence-corrected chi connectivity index (χ4v) is 3.18. The lowest BCUT2D eigenvalue weighted by atomic mass is 10.0. The van der Waals surface area contributed by atoms with E-state index < -0.39 is 6.04 Å². The molecule has 25 heavy (non-hydrogen) atoms. The van der Waals surface area contributed by atoms with Crippen LogP contribution in [0.2, 0.25) is 0 Å². The number of hydrogen-bond donors (Lipinski definition) is 2. The Morgan fingerprint density at radius 3 is 2.72 bits per heavy atom. The maximum atomic E-state index is 12.2. The number of amides is 1. The topological polar surface area (TPSA) is 67.6 Å². The van der Waals surface area contributed by atoms with Crippen molar-refractivity contribution < 1.29 is 9.53 Å². The Kier molecular flexibility index (Phi) is 6.39. The molecule has 0 spiro atoms. The van der Waals surface area contributed by atoms with E-state index in [1.54, 1.807) is 0 Å². The summed E-state index contributed by atoms with van der Waals surface area (Å²) >= 11 is 0. The number of benzene rings is 2. The smallest absolute Gasteiger partial charge is 0.237 e. The predicted molar refractivity (Wildman–Crippen MR) is 101 cm³/mol. The first-order chi connectivity index (χ1) is 12.2. The SMILES string of the molecule is N[C@@H](Cc1ccc2ccccc2c1)C(=O)NCCCN1CCOCC1. The molecule has 5 nitrogen and oxygen atoms in total. The van der Waals surface area contributed by atoms with Gasteiger partial charge in [0, 0.05) is 19.6 Å². The molecule has 5 heteroatoms. The molecule has 1 fully saturated rings. The second-order valence-electron chi connectivity index (χ2n) is 6.59. The molecule has 2 aromatic carbocycles. The van der Waals surface area contributed by atoms with Crippen molar-refractivity contribution in [3.63, 3.8) is 0 Å². The number of nitrogens with one attached hydrogen (secondary N) is 1. The Hall–Kier alpha value is -1.95. The third-order valence-electron chi connectivity index (χ3n) is 4.66. The number of ether oxygens (including phenoxy) is 1. The minimum atomic E-state index is -0.510. The van der Waals surface area contributed by atoms with Crippen molar-refractivity contribution in [1.82, 2.24) is 10.2 Å². The van der Waals surface area contributed by atoms with Crippen LogP contribution in [0.1, 0.15) is 12.0 Å². The molecule has 3 rings (SSSR count). The van der Waals surface area contributed by atoms with Gasteiger partial charge in [-0.2, -0.15) is 0 Å². The summed E-state index contributed by atoms with van der Waals surface area (Å²) in [4.78, 5) is 14.6. The van der Waals surface area contributed by atoms with Crippen molar-refractivity contribution in [1.29, 1.82) is 0 Å². The first-order valence-electron chi connectivity index (χ1n) is 9.03. The van der Waals surface area contributed by atoms with E-state index in [1.807, 2.05) is 18.2 Å². The van der Waals surface area contributed by atoms with Crippen LogP contribution in [0.15, 0.2) is 42.5 Å². The molecule has 0 bridgehead atoms. The van der Waals surface area contributed by atoms with Gasteiger partial charge in [0.2, 0.25) is 5.91 Å². The molecule has 0 aliphatic carbocycles. The summed E-state index contributed by atoms with van der Waals surface area (Å²) in [7, 11) is 0. The van der Waals surface area contributed by atoms with Crippen LogP contribution >= 0.6 is 0 Å². The molecule has 0 unspecified atom stereocenters. The molecule has 0 saturated carbocycles. The second-order valence-corrected chi connectivity index (χ2v) is 6.59. The van der Waals surface area contributed by atoms with Gasteiger partial charge in [0.05, 0.1) is 19.3 Å². The van der Waals surface area contributed by atoms with Crippen LogP contribution in [-0.2, 0) is 16.0 Å². The highest BCUT2D eigenvalue weighted by Gasteiger charge is 2.14. The molecule has 1 aliphatic rings. The van der Waals surface area contributed by atoms with Gasteiger partial charge in [-0.25, -0.2) is 0 Å². The fraction of sp³-hybridized carbons (Fsp3) is 0.450. The van der Waals surface area contributed by atoms with Crippen LogP contribution in [0, 0.1) is 0 Å². The predicted octanol–water partition coefficient (Wildman–Crippen LogP) is 1.55. The summed E-state index contributed by atoms with van der Waals surface area (Å²) in [6, 6.07) is 13.9. The first-order valence-corrected chi connectivity index (χ1v) is 9.03. The van der Waals surface area contributed by atoms with Gasteiger partial charge >= 0.3 is 0 Å². The van der Waals surface area contributed by atoms with E-state index >= 15 is 0 Å². The number of rotatable bonds is 7. The average Bonchev–Trinajstić information content (AvgIpc) is 2.65. The average molecular weight is 341 g/mol. The van der Waals surface area contributed by atoms with Crippen molar-refractivity contribution in [2.75, 3.05) is 39.4 Å². The summed E-state index contributed by atoms with van der Waals surface area (Å²) < 4.78 is 5.33. The van der Waals surface area contributed by atoms with Gasteiger partial charge in [0.25, 0.3) is 0 Å². The number of morpholine rings is 1. The van der Waals surface area contributed by atoms with Crippen molar-refractivity contribution in [3.05, 3.63) is 48.0 Å². The Labute approximate surface area is 149 Å². The van der Waals surface area contributed by atoms with E-state index in [2.05, 4.69) is 34.5 Å². The van der Waals surface area contributed by atoms with Crippen LogP contribution in [0.5, 0.6) is 0 Å². The quantitative estimate of drug-likeness (QED) is 0.750. The highest BCUT2D eigenvalue weighted by atomic mass is 16.5. The number of carbonyl (C=O) groups is 1. The Morgan fingerprint density at radius 2 is 1.92 bits per heavy atom. The minimum Gasteiger partial charge on any atom is -0.379 e. The molecule has 2 aromatic rings. The van der Waals surface area contributed by atoms with Crippen molar-refractivity contribution >= 4 is 16.7 Å². The molecular formula is C20H27N3O2. The molecule has 0 aromatic heterocycles. The van der Waals surface area contributed by atoms with Crippen molar-refractivity contribution in [2.24, 2.45) is 5.73 Å². The zero-order valence-corrected chi connectivity index (χ0v) is 14.6. The molecule has 1 aliphatic heterocycles.